The Balaban J connectivity index is 1.64. The van der Waals surface area contributed by atoms with E-state index in [4.69, 9.17) is 0 Å². The molecule has 0 aromatic rings. The first kappa shape index (κ1) is 8.38. The summed E-state index contributed by atoms with van der Waals surface area (Å²) in [6, 6.07) is 0. The highest BCUT2D eigenvalue weighted by Crippen LogP contribution is 2.28. The Hall–Kier alpha value is -0.220. The third-order valence-electron chi connectivity index (χ3n) is 2.57. The summed E-state index contributed by atoms with van der Waals surface area (Å²) >= 11 is 0. The third-order valence-corrected chi connectivity index (χ3v) is 2.57. The molecule has 0 spiro atoms. The molecule has 0 radical (unpaired) electrons. The maximum Gasteiger partial charge on any atom is 0.272 e. The Morgan fingerprint density at radius 3 is 2.33 bits per heavy atom. The van der Waals surface area contributed by atoms with Crippen LogP contribution in [0.2, 0.25) is 0 Å². The fourth-order valence-electron chi connectivity index (χ4n) is 2.05. The van der Waals surface area contributed by atoms with Crippen molar-refractivity contribution in [3.8, 4) is 0 Å². The van der Waals surface area contributed by atoms with Gasteiger partial charge in [0.25, 0.3) is 5.92 Å². The molecule has 2 saturated heterocycles. The van der Waals surface area contributed by atoms with Gasteiger partial charge in [0.05, 0.1) is 13.1 Å². The van der Waals surface area contributed by atoms with Gasteiger partial charge in [-0.25, -0.2) is 8.78 Å². The average molecular weight is 176 g/mol. The SMILES string of the molecule is CN1CC(CN2CC(F)(F)C2)C1. The zero-order valence-corrected chi connectivity index (χ0v) is 7.26. The Morgan fingerprint density at radius 1 is 1.33 bits per heavy atom. The van der Waals surface area contributed by atoms with Crippen LogP contribution in [0.15, 0.2) is 0 Å². The van der Waals surface area contributed by atoms with Gasteiger partial charge in [-0.05, 0) is 13.0 Å². The van der Waals surface area contributed by atoms with Gasteiger partial charge in [-0.15, -0.1) is 0 Å². The lowest BCUT2D eigenvalue weighted by atomic mass is 9.98. The van der Waals surface area contributed by atoms with Crippen molar-refractivity contribution in [2.24, 2.45) is 5.92 Å². The van der Waals surface area contributed by atoms with Crippen molar-refractivity contribution in [2.75, 3.05) is 39.8 Å². The number of nitrogens with zero attached hydrogens (tertiary/aromatic N) is 2. The van der Waals surface area contributed by atoms with E-state index in [1.807, 2.05) is 4.90 Å². The molecule has 0 amide bonds. The summed E-state index contributed by atoms with van der Waals surface area (Å²) in [6.45, 7) is 2.96. The van der Waals surface area contributed by atoms with E-state index >= 15 is 0 Å². The summed E-state index contributed by atoms with van der Waals surface area (Å²) in [7, 11) is 2.06. The molecule has 2 aliphatic heterocycles. The van der Waals surface area contributed by atoms with Crippen LogP contribution in [0, 0.1) is 5.92 Å². The lowest BCUT2D eigenvalue weighted by Gasteiger charge is -2.45. The number of likely N-dealkylation sites (tertiary alicyclic amines) is 2. The molecule has 2 rings (SSSR count). The van der Waals surface area contributed by atoms with Gasteiger partial charge >= 0.3 is 0 Å². The lowest BCUT2D eigenvalue weighted by Crippen LogP contribution is -2.60. The molecular formula is C8H14F2N2. The lowest BCUT2D eigenvalue weighted by molar-refractivity contribution is -0.139. The second-order valence-corrected chi connectivity index (χ2v) is 4.11. The predicted molar refractivity (Wildman–Crippen MR) is 42.4 cm³/mol. The van der Waals surface area contributed by atoms with E-state index in [9.17, 15) is 8.78 Å². The van der Waals surface area contributed by atoms with Crippen LogP contribution in [0.4, 0.5) is 8.78 Å². The quantitative estimate of drug-likeness (QED) is 0.604. The summed E-state index contributed by atoms with van der Waals surface area (Å²) in [6.07, 6.45) is 0. The normalized spacial score (nSPS) is 31.2. The first-order chi connectivity index (χ1) is 5.55. The largest absolute Gasteiger partial charge is 0.306 e. The van der Waals surface area contributed by atoms with Crippen molar-refractivity contribution in [2.45, 2.75) is 5.92 Å². The molecule has 0 aromatic heterocycles. The minimum Gasteiger partial charge on any atom is -0.306 e. The molecule has 2 fully saturated rings. The van der Waals surface area contributed by atoms with Crippen molar-refractivity contribution in [3.63, 3.8) is 0 Å². The van der Waals surface area contributed by atoms with Gasteiger partial charge in [0.2, 0.25) is 0 Å². The monoisotopic (exact) mass is 176 g/mol. The standard InChI is InChI=1S/C8H14F2N2/c1-11-2-7(3-11)4-12-5-8(9,10)6-12/h7H,2-6H2,1H3. The molecule has 2 heterocycles. The Kier molecular flexibility index (Phi) is 1.84. The molecule has 0 unspecified atom stereocenters. The number of alkyl halides is 2. The van der Waals surface area contributed by atoms with Gasteiger partial charge in [0.15, 0.2) is 0 Å². The van der Waals surface area contributed by atoms with E-state index in [0.29, 0.717) is 5.92 Å². The van der Waals surface area contributed by atoms with Gasteiger partial charge in [-0.2, -0.15) is 0 Å². The van der Waals surface area contributed by atoms with Crippen LogP contribution in [0.5, 0.6) is 0 Å². The first-order valence-corrected chi connectivity index (χ1v) is 4.34. The number of hydrogen-bond acceptors (Lipinski definition) is 2. The van der Waals surface area contributed by atoms with E-state index in [0.717, 1.165) is 19.6 Å². The smallest absolute Gasteiger partial charge is 0.272 e. The Morgan fingerprint density at radius 2 is 1.92 bits per heavy atom. The zero-order valence-electron chi connectivity index (χ0n) is 7.26. The van der Waals surface area contributed by atoms with Gasteiger partial charge < -0.3 is 4.90 Å². The molecule has 2 aliphatic rings. The average Bonchev–Trinajstić information content (AvgIpc) is 1.80. The summed E-state index contributed by atoms with van der Waals surface area (Å²) < 4.78 is 24.8. The maximum atomic E-state index is 12.4. The summed E-state index contributed by atoms with van der Waals surface area (Å²) in [5, 5.41) is 0. The van der Waals surface area contributed by atoms with Crippen LogP contribution >= 0.6 is 0 Å². The topological polar surface area (TPSA) is 6.48 Å². The molecule has 2 nitrogen and oxygen atoms in total. The van der Waals surface area contributed by atoms with Crippen molar-refractivity contribution >= 4 is 0 Å². The molecular weight excluding hydrogens is 162 g/mol. The van der Waals surface area contributed by atoms with Crippen LogP contribution in [-0.2, 0) is 0 Å². The first-order valence-electron chi connectivity index (χ1n) is 4.34. The van der Waals surface area contributed by atoms with Gasteiger partial charge in [-0.3, -0.25) is 4.90 Å². The molecule has 0 aromatic carbocycles. The second kappa shape index (κ2) is 2.64. The number of hydrogen-bond donors (Lipinski definition) is 0. The van der Waals surface area contributed by atoms with Crippen LogP contribution in [0.3, 0.4) is 0 Å². The second-order valence-electron chi connectivity index (χ2n) is 4.11. The molecule has 0 N–H and O–H groups in total. The molecule has 70 valence electrons. The van der Waals surface area contributed by atoms with E-state index in [-0.39, 0.29) is 13.1 Å². The van der Waals surface area contributed by atoms with Crippen molar-refractivity contribution in [1.82, 2.24) is 9.80 Å². The van der Waals surface area contributed by atoms with E-state index in [1.54, 1.807) is 0 Å². The number of rotatable bonds is 2. The highest BCUT2D eigenvalue weighted by Gasteiger charge is 2.44. The minimum atomic E-state index is -2.39. The van der Waals surface area contributed by atoms with Crippen LogP contribution in [0.1, 0.15) is 0 Å². The van der Waals surface area contributed by atoms with Gasteiger partial charge in [-0.1, -0.05) is 0 Å². The van der Waals surface area contributed by atoms with E-state index < -0.39 is 5.92 Å². The fraction of sp³-hybridized carbons (Fsp3) is 1.00. The predicted octanol–water partition coefficient (Wildman–Crippen LogP) is 0.499. The van der Waals surface area contributed by atoms with E-state index in [1.165, 1.54) is 0 Å². The van der Waals surface area contributed by atoms with Crippen molar-refractivity contribution < 1.29 is 8.78 Å². The Bertz CT molecular complexity index is 170. The van der Waals surface area contributed by atoms with E-state index in [2.05, 4.69) is 11.9 Å². The molecule has 12 heavy (non-hydrogen) atoms. The van der Waals surface area contributed by atoms with Gasteiger partial charge in [0, 0.05) is 19.6 Å². The van der Waals surface area contributed by atoms with Crippen molar-refractivity contribution in [3.05, 3.63) is 0 Å². The van der Waals surface area contributed by atoms with Crippen LogP contribution in [0.25, 0.3) is 0 Å². The molecule has 0 atom stereocenters. The summed E-state index contributed by atoms with van der Waals surface area (Å²) in [4.78, 5) is 4.06. The highest BCUT2D eigenvalue weighted by atomic mass is 19.3. The molecule has 0 aliphatic carbocycles. The summed E-state index contributed by atoms with van der Waals surface area (Å²) in [5.74, 6) is -1.76. The summed E-state index contributed by atoms with van der Waals surface area (Å²) in [5.41, 5.74) is 0. The Labute approximate surface area is 71.1 Å². The third kappa shape index (κ3) is 1.59. The number of halogens is 2. The van der Waals surface area contributed by atoms with Crippen LogP contribution in [-0.4, -0.2) is 55.5 Å². The fourth-order valence-corrected chi connectivity index (χ4v) is 2.05. The van der Waals surface area contributed by atoms with Gasteiger partial charge in [0.1, 0.15) is 0 Å². The zero-order chi connectivity index (χ0) is 8.77. The molecule has 4 heteroatoms. The maximum absolute atomic E-state index is 12.4. The molecule has 0 bridgehead atoms. The minimum absolute atomic E-state index is 0.0206. The highest BCUT2D eigenvalue weighted by molar-refractivity contribution is 4.90. The molecule has 0 saturated carbocycles. The van der Waals surface area contributed by atoms with Crippen molar-refractivity contribution in [1.29, 1.82) is 0 Å². The van der Waals surface area contributed by atoms with Crippen LogP contribution < -0.4 is 0 Å².